The van der Waals surface area contributed by atoms with Crippen LogP contribution in [0.15, 0.2) is 65.6 Å². The van der Waals surface area contributed by atoms with Crippen LogP contribution in [0.5, 0.6) is 0 Å². The quantitative estimate of drug-likeness (QED) is 0.617. The molecule has 0 saturated heterocycles. The highest BCUT2D eigenvalue weighted by Gasteiger charge is 2.13. The molecule has 0 radical (unpaired) electrons. The van der Waals surface area contributed by atoms with Crippen LogP contribution >= 0.6 is 11.6 Å². The third-order valence-corrected chi connectivity index (χ3v) is 4.71. The van der Waals surface area contributed by atoms with Crippen molar-refractivity contribution in [3.63, 3.8) is 0 Å². The molecule has 4 nitrogen and oxygen atoms in total. The Labute approximate surface area is 140 Å². The fraction of sp³-hybridized carbons (Fsp3) is 0.118. The lowest BCUT2D eigenvalue weighted by Gasteiger charge is -2.07. The number of allylic oxidation sites excluding steroid dienone is 1. The molecule has 1 N–H and O–H groups in total. The first kappa shape index (κ1) is 17.4. The zero-order valence-electron chi connectivity index (χ0n) is 12.3. The predicted molar refractivity (Wildman–Crippen MR) is 91.7 cm³/mol. The molecule has 2 rings (SSSR count). The van der Waals surface area contributed by atoms with E-state index in [1.807, 2.05) is 30.3 Å². The first-order chi connectivity index (χ1) is 11.0. The van der Waals surface area contributed by atoms with Crippen molar-refractivity contribution in [1.82, 2.24) is 4.72 Å². The lowest BCUT2D eigenvalue weighted by atomic mass is 10.2. The molecule has 0 heterocycles. The van der Waals surface area contributed by atoms with E-state index >= 15 is 0 Å². The number of carbonyl (C=O) groups is 1. The second-order valence-corrected chi connectivity index (χ2v) is 6.98. The number of halogens is 1. The molecule has 120 valence electrons. The Kier molecular flexibility index (Phi) is 6.10. The van der Waals surface area contributed by atoms with E-state index < -0.39 is 15.3 Å². The van der Waals surface area contributed by atoms with Gasteiger partial charge in [0.15, 0.2) is 0 Å². The average Bonchev–Trinajstić information content (AvgIpc) is 2.54. The zero-order chi connectivity index (χ0) is 16.7. The van der Waals surface area contributed by atoms with E-state index in [1.54, 1.807) is 12.1 Å². The summed E-state index contributed by atoms with van der Waals surface area (Å²) in [4.78, 5) is 10.9. The van der Waals surface area contributed by atoms with E-state index in [1.165, 1.54) is 24.3 Å². The van der Waals surface area contributed by atoms with Crippen molar-refractivity contribution in [2.75, 3.05) is 6.54 Å². The molecule has 0 spiro atoms. The third kappa shape index (κ3) is 5.63. The molecule has 0 saturated carbocycles. The first-order valence-electron chi connectivity index (χ1n) is 6.98. The van der Waals surface area contributed by atoms with Gasteiger partial charge in [-0.1, -0.05) is 48.5 Å². The van der Waals surface area contributed by atoms with Crippen LogP contribution in [0.2, 0.25) is 0 Å². The van der Waals surface area contributed by atoms with Crippen molar-refractivity contribution in [2.24, 2.45) is 0 Å². The smallest absolute Gasteiger partial charge is 0.245 e. The van der Waals surface area contributed by atoms with Gasteiger partial charge in [0.25, 0.3) is 0 Å². The fourth-order valence-electron chi connectivity index (χ4n) is 2.00. The molecule has 0 amide bonds. The minimum atomic E-state index is -3.59. The maximum absolute atomic E-state index is 12.3. The van der Waals surface area contributed by atoms with E-state index in [4.69, 9.17) is 11.6 Å². The summed E-state index contributed by atoms with van der Waals surface area (Å²) in [5, 5.41) is -0.612. The Bertz CT molecular complexity index is 802. The van der Waals surface area contributed by atoms with Crippen LogP contribution < -0.4 is 4.72 Å². The fourth-order valence-corrected chi connectivity index (χ4v) is 3.15. The van der Waals surface area contributed by atoms with Crippen LogP contribution in [0.1, 0.15) is 11.1 Å². The van der Waals surface area contributed by atoms with Gasteiger partial charge < -0.3 is 0 Å². The molecular formula is C17H16ClNO3S. The number of carbonyl (C=O) groups excluding carboxylic acids is 1. The standard InChI is InChI=1S/C17H16ClNO3S/c18-17(20)10-9-15-7-4-8-16(13-15)23(21,22)19-12-11-14-5-2-1-3-6-14/h1-10,13,19H,11-12H2. The molecule has 2 aromatic carbocycles. The summed E-state index contributed by atoms with van der Waals surface area (Å²) >= 11 is 5.23. The van der Waals surface area contributed by atoms with Crippen LogP contribution in [0.3, 0.4) is 0 Å². The highest BCUT2D eigenvalue weighted by atomic mass is 35.5. The summed E-state index contributed by atoms with van der Waals surface area (Å²) in [6.07, 6.45) is 3.26. The molecule has 2 aromatic rings. The van der Waals surface area contributed by atoms with Gasteiger partial charge in [0.1, 0.15) is 0 Å². The summed E-state index contributed by atoms with van der Waals surface area (Å²) in [7, 11) is -3.59. The minimum Gasteiger partial charge on any atom is -0.276 e. The minimum absolute atomic E-state index is 0.148. The summed E-state index contributed by atoms with van der Waals surface area (Å²) < 4.78 is 27.1. The summed E-state index contributed by atoms with van der Waals surface area (Å²) in [5.41, 5.74) is 1.65. The number of hydrogen-bond acceptors (Lipinski definition) is 3. The SMILES string of the molecule is O=C(Cl)C=Cc1cccc(S(=O)(=O)NCCc2ccccc2)c1. The van der Waals surface area contributed by atoms with Crippen molar-refractivity contribution in [1.29, 1.82) is 0 Å². The molecule has 6 heteroatoms. The van der Waals surface area contributed by atoms with Crippen LogP contribution in [0.4, 0.5) is 0 Å². The molecule has 0 aliphatic heterocycles. The van der Waals surface area contributed by atoms with Crippen LogP contribution in [0.25, 0.3) is 6.08 Å². The van der Waals surface area contributed by atoms with Crippen molar-refractivity contribution >= 4 is 32.9 Å². The molecular weight excluding hydrogens is 334 g/mol. The van der Waals surface area contributed by atoms with Crippen LogP contribution in [-0.4, -0.2) is 20.2 Å². The number of hydrogen-bond donors (Lipinski definition) is 1. The number of nitrogens with one attached hydrogen (secondary N) is 1. The van der Waals surface area contributed by atoms with Gasteiger partial charge in [-0.2, -0.15) is 0 Å². The van der Waals surface area contributed by atoms with E-state index in [2.05, 4.69) is 4.72 Å². The normalized spacial score (nSPS) is 11.7. The maximum atomic E-state index is 12.3. The summed E-state index contributed by atoms with van der Waals surface area (Å²) in [5.74, 6) is 0. The topological polar surface area (TPSA) is 63.2 Å². The number of benzene rings is 2. The summed E-state index contributed by atoms with van der Waals surface area (Å²) in [6, 6.07) is 15.9. The van der Waals surface area contributed by atoms with Gasteiger partial charge in [-0.25, -0.2) is 13.1 Å². The monoisotopic (exact) mass is 349 g/mol. The molecule has 0 unspecified atom stereocenters. The Hall–Kier alpha value is -1.95. The average molecular weight is 350 g/mol. The lowest BCUT2D eigenvalue weighted by Crippen LogP contribution is -2.26. The van der Waals surface area contributed by atoms with E-state index in [0.29, 0.717) is 18.5 Å². The molecule has 0 fully saturated rings. The van der Waals surface area contributed by atoms with Gasteiger partial charge >= 0.3 is 0 Å². The molecule has 0 atom stereocenters. The van der Waals surface area contributed by atoms with Crippen LogP contribution in [-0.2, 0) is 21.2 Å². The Balaban J connectivity index is 2.04. The van der Waals surface area contributed by atoms with Crippen molar-refractivity contribution in [2.45, 2.75) is 11.3 Å². The second kappa shape index (κ2) is 8.06. The largest absolute Gasteiger partial charge is 0.276 e. The van der Waals surface area contributed by atoms with Gasteiger partial charge in [0, 0.05) is 6.54 Å². The predicted octanol–water partition coefficient (Wildman–Crippen LogP) is 2.99. The van der Waals surface area contributed by atoms with E-state index in [9.17, 15) is 13.2 Å². The van der Waals surface area contributed by atoms with E-state index in [-0.39, 0.29) is 4.90 Å². The van der Waals surface area contributed by atoms with Crippen LogP contribution in [0, 0.1) is 0 Å². The van der Waals surface area contributed by atoms with Gasteiger partial charge in [-0.05, 0) is 47.4 Å². The summed E-state index contributed by atoms with van der Waals surface area (Å²) in [6.45, 7) is 0.312. The van der Waals surface area contributed by atoms with Crippen molar-refractivity contribution in [3.05, 3.63) is 71.8 Å². The second-order valence-electron chi connectivity index (χ2n) is 4.84. The number of rotatable bonds is 7. The maximum Gasteiger partial charge on any atom is 0.245 e. The zero-order valence-corrected chi connectivity index (χ0v) is 13.8. The molecule has 0 aliphatic carbocycles. The molecule has 23 heavy (non-hydrogen) atoms. The first-order valence-corrected chi connectivity index (χ1v) is 8.85. The van der Waals surface area contributed by atoms with Gasteiger partial charge in [0.2, 0.25) is 15.3 Å². The van der Waals surface area contributed by atoms with Gasteiger partial charge in [-0.15, -0.1) is 0 Å². The van der Waals surface area contributed by atoms with Gasteiger partial charge in [-0.3, -0.25) is 4.79 Å². The third-order valence-electron chi connectivity index (χ3n) is 3.12. The molecule has 0 aliphatic rings. The Morgan fingerprint density at radius 3 is 2.52 bits per heavy atom. The number of sulfonamides is 1. The Morgan fingerprint density at radius 2 is 1.83 bits per heavy atom. The Morgan fingerprint density at radius 1 is 1.09 bits per heavy atom. The van der Waals surface area contributed by atoms with Crippen molar-refractivity contribution in [3.8, 4) is 0 Å². The van der Waals surface area contributed by atoms with Gasteiger partial charge in [0.05, 0.1) is 4.90 Å². The molecule has 0 bridgehead atoms. The highest BCUT2D eigenvalue weighted by Crippen LogP contribution is 2.13. The highest BCUT2D eigenvalue weighted by molar-refractivity contribution is 7.89. The lowest BCUT2D eigenvalue weighted by molar-refractivity contribution is -0.107. The van der Waals surface area contributed by atoms with Crippen molar-refractivity contribution < 1.29 is 13.2 Å². The van der Waals surface area contributed by atoms with E-state index in [0.717, 1.165) is 5.56 Å². The molecule has 0 aromatic heterocycles.